The lowest BCUT2D eigenvalue weighted by Gasteiger charge is -2.10. The lowest BCUT2D eigenvalue weighted by atomic mass is 10.2. The highest BCUT2D eigenvalue weighted by atomic mass is 127. The predicted octanol–water partition coefficient (Wildman–Crippen LogP) is 5.75. The summed E-state index contributed by atoms with van der Waals surface area (Å²) < 4.78 is 42.7. The van der Waals surface area contributed by atoms with Gasteiger partial charge < -0.3 is 4.57 Å². The van der Waals surface area contributed by atoms with Gasteiger partial charge in [-0.15, -0.1) is 0 Å². The quantitative estimate of drug-likeness (QED) is 0.345. The van der Waals surface area contributed by atoms with E-state index in [9.17, 15) is 13.2 Å². The van der Waals surface area contributed by atoms with Crippen molar-refractivity contribution in [1.29, 1.82) is 0 Å². The Morgan fingerprint density at radius 3 is 2.50 bits per heavy atom. The Kier molecular flexibility index (Phi) is 4.06. The van der Waals surface area contributed by atoms with Crippen molar-refractivity contribution < 1.29 is 13.2 Å². The molecule has 0 fully saturated rings. The molecule has 0 unspecified atom stereocenters. The van der Waals surface area contributed by atoms with Crippen LogP contribution in [0.15, 0.2) is 61.1 Å². The summed E-state index contributed by atoms with van der Waals surface area (Å²) in [6.07, 6.45) is 0.996. The van der Waals surface area contributed by atoms with Gasteiger partial charge in [0.05, 0.1) is 5.69 Å². The highest BCUT2D eigenvalue weighted by Gasteiger charge is 2.33. The van der Waals surface area contributed by atoms with Crippen molar-refractivity contribution in [2.75, 3.05) is 0 Å². The van der Waals surface area contributed by atoms with Crippen LogP contribution in [0.4, 0.5) is 13.2 Å². The summed E-state index contributed by atoms with van der Waals surface area (Å²) in [5.74, 6) is 0. The molecule has 3 nitrogen and oxygen atoms in total. The molecule has 4 aromatic rings. The van der Waals surface area contributed by atoms with Gasteiger partial charge in [-0.1, -0.05) is 12.1 Å². The van der Waals surface area contributed by atoms with Gasteiger partial charge in [0.1, 0.15) is 0 Å². The molecule has 0 spiro atoms. The fourth-order valence-corrected chi connectivity index (χ4v) is 3.62. The van der Waals surface area contributed by atoms with Gasteiger partial charge in [0.2, 0.25) is 0 Å². The summed E-state index contributed by atoms with van der Waals surface area (Å²) in [4.78, 5) is 0. The zero-order chi connectivity index (χ0) is 18.5. The number of alkyl halides is 3. The fourth-order valence-electron chi connectivity index (χ4n) is 2.96. The van der Waals surface area contributed by atoms with Crippen molar-refractivity contribution in [2.45, 2.75) is 13.1 Å². The molecule has 2 aromatic heterocycles. The lowest BCUT2D eigenvalue weighted by Crippen LogP contribution is -2.07. The third-order valence-electron chi connectivity index (χ3n) is 4.24. The van der Waals surface area contributed by atoms with Gasteiger partial charge in [0, 0.05) is 38.6 Å². The first-order valence-corrected chi connectivity index (χ1v) is 8.91. The summed E-state index contributed by atoms with van der Waals surface area (Å²) in [6, 6.07) is 12.6. The van der Waals surface area contributed by atoms with Crippen LogP contribution in [0.5, 0.6) is 0 Å². The van der Waals surface area contributed by atoms with Crippen LogP contribution in [0.2, 0.25) is 0 Å². The highest BCUT2D eigenvalue weighted by Crippen LogP contribution is 2.29. The van der Waals surface area contributed by atoms with E-state index in [4.69, 9.17) is 0 Å². The van der Waals surface area contributed by atoms with E-state index in [2.05, 4.69) is 52.2 Å². The van der Waals surface area contributed by atoms with E-state index >= 15 is 0 Å². The van der Waals surface area contributed by atoms with Crippen LogP contribution < -0.4 is 0 Å². The molecule has 2 heterocycles. The van der Waals surface area contributed by atoms with E-state index in [1.54, 1.807) is 6.07 Å². The Labute approximate surface area is 161 Å². The minimum atomic E-state index is -4.44. The molecule has 0 atom stereocenters. The molecular formula is C19H13F3IN3. The number of fused-ring (bicyclic) bond motifs is 1. The first-order chi connectivity index (χ1) is 12.3. The maximum absolute atomic E-state index is 12.7. The normalized spacial score (nSPS) is 12.0. The molecule has 0 radical (unpaired) electrons. The molecular weight excluding hydrogens is 454 g/mol. The summed E-state index contributed by atoms with van der Waals surface area (Å²) in [5, 5.41) is 5.93. The fraction of sp³-hybridized carbons (Fsp3) is 0.105. The van der Waals surface area contributed by atoms with Crippen molar-refractivity contribution in [3.05, 3.63) is 75.9 Å². The minimum Gasteiger partial charge on any atom is -0.322 e. The Morgan fingerprint density at radius 1 is 1.04 bits per heavy atom. The number of aryl methyl sites for hydroxylation is 1. The molecule has 0 aliphatic carbocycles. The Balaban J connectivity index is 1.73. The van der Waals surface area contributed by atoms with Gasteiger partial charge in [-0.2, -0.15) is 18.3 Å². The molecule has 26 heavy (non-hydrogen) atoms. The average Bonchev–Trinajstić information content (AvgIpc) is 3.22. The number of aromatic nitrogens is 3. The monoisotopic (exact) mass is 467 g/mol. The Bertz CT molecular complexity index is 1110. The smallest absolute Gasteiger partial charge is 0.322 e. The lowest BCUT2D eigenvalue weighted by molar-refractivity contribution is -0.141. The average molecular weight is 467 g/mol. The summed E-state index contributed by atoms with van der Waals surface area (Å²) in [6.45, 7) is 1.93. The zero-order valence-corrected chi connectivity index (χ0v) is 15.8. The zero-order valence-electron chi connectivity index (χ0n) is 13.6. The first-order valence-electron chi connectivity index (χ1n) is 7.83. The van der Waals surface area contributed by atoms with Gasteiger partial charge in [0.25, 0.3) is 0 Å². The Hall–Kier alpha value is -2.29. The number of benzene rings is 2. The third-order valence-corrected chi connectivity index (χ3v) is 5.18. The number of rotatable bonds is 2. The number of nitrogens with zero attached hydrogens (tertiary/aromatic N) is 3. The molecule has 0 amide bonds. The summed E-state index contributed by atoms with van der Waals surface area (Å²) >= 11 is 2.30. The van der Waals surface area contributed by atoms with E-state index in [-0.39, 0.29) is 0 Å². The van der Waals surface area contributed by atoms with E-state index < -0.39 is 11.9 Å². The second-order valence-electron chi connectivity index (χ2n) is 6.02. The van der Waals surface area contributed by atoms with Crippen LogP contribution in [0, 0.1) is 10.5 Å². The van der Waals surface area contributed by atoms with Crippen LogP contribution in [0.3, 0.4) is 0 Å². The van der Waals surface area contributed by atoms with Gasteiger partial charge in [-0.05, 0) is 65.4 Å². The molecule has 0 aliphatic rings. The van der Waals surface area contributed by atoms with E-state index in [0.717, 1.165) is 22.7 Å². The Morgan fingerprint density at radius 2 is 1.85 bits per heavy atom. The van der Waals surface area contributed by atoms with Gasteiger partial charge in [-0.3, -0.25) is 0 Å². The standard InChI is InChI=1S/C19H13F3IN3/c1-12-9-14(26-8-7-18(24-26)19(20,21)22)5-6-17(12)25-10-13-3-2-4-16(23)15(13)11-25/h2-11H,1H3. The number of hydrogen-bond acceptors (Lipinski definition) is 1. The molecule has 0 saturated carbocycles. The van der Waals surface area contributed by atoms with Crippen molar-refractivity contribution in [3.63, 3.8) is 0 Å². The maximum atomic E-state index is 12.7. The highest BCUT2D eigenvalue weighted by molar-refractivity contribution is 14.1. The molecule has 0 bridgehead atoms. The largest absolute Gasteiger partial charge is 0.435 e. The molecule has 0 aliphatic heterocycles. The summed E-state index contributed by atoms with van der Waals surface area (Å²) in [7, 11) is 0. The maximum Gasteiger partial charge on any atom is 0.435 e. The van der Waals surface area contributed by atoms with Gasteiger partial charge in [0.15, 0.2) is 5.69 Å². The second-order valence-corrected chi connectivity index (χ2v) is 7.18. The van der Waals surface area contributed by atoms with Crippen molar-refractivity contribution in [2.24, 2.45) is 0 Å². The van der Waals surface area contributed by atoms with Crippen molar-refractivity contribution in [3.8, 4) is 11.4 Å². The number of halogens is 4. The van der Waals surface area contributed by atoms with E-state index in [1.165, 1.54) is 19.8 Å². The minimum absolute atomic E-state index is 0.591. The molecule has 0 N–H and O–H groups in total. The molecule has 7 heteroatoms. The van der Waals surface area contributed by atoms with Gasteiger partial charge in [-0.25, -0.2) is 4.68 Å². The second kappa shape index (κ2) is 6.15. The summed E-state index contributed by atoms with van der Waals surface area (Å²) in [5.41, 5.74) is 1.62. The van der Waals surface area contributed by atoms with Crippen LogP contribution >= 0.6 is 22.6 Å². The van der Waals surface area contributed by atoms with Crippen LogP contribution in [0.1, 0.15) is 11.3 Å². The molecule has 132 valence electrons. The molecule has 0 saturated heterocycles. The van der Waals surface area contributed by atoms with Gasteiger partial charge >= 0.3 is 6.18 Å². The molecule has 2 aromatic carbocycles. The van der Waals surface area contributed by atoms with Crippen LogP contribution in [-0.2, 0) is 6.18 Å². The topological polar surface area (TPSA) is 22.8 Å². The van der Waals surface area contributed by atoms with Crippen molar-refractivity contribution >= 4 is 33.4 Å². The predicted molar refractivity (Wildman–Crippen MR) is 103 cm³/mol. The van der Waals surface area contributed by atoms with Crippen molar-refractivity contribution in [1.82, 2.24) is 14.3 Å². The number of hydrogen-bond donors (Lipinski definition) is 0. The van der Waals surface area contributed by atoms with E-state index in [0.29, 0.717) is 5.69 Å². The van der Waals surface area contributed by atoms with Crippen LogP contribution in [-0.4, -0.2) is 14.3 Å². The molecule has 4 rings (SSSR count). The first kappa shape index (κ1) is 17.1. The van der Waals surface area contributed by atoms with Crippen LogP contribution in [0.25, 0.3) is 22.1 Å². The SMILES string of the molecule is Cc1cc(-n2ccc(C(F)(F)F)n2)ccc1-n1cc2cccc(I)c2c1. The third kappa shape index (κ3) is 3.00. The van der Waals surface area contributed by atoms with E-state index in [1.807, 2.05) is 29.7 Å².